The number of nitrogens with zero attached hydrogens (tertiary/aromatic N) is 2. The second-order valence-electron chi connectivity index (χ2n) is 4.74. The van der Waals surface area contributed by atoms with Gasteiger partial charge in [0.1, 0.15) is 0 Å². The van der Waals surface area contributed by atoms with Crippen molar-refractivity contribution in [2.75, 3.05) is 13.1 Å². The van der Waals surface area contributed by atoms with Gasteiger partial charge in [0.25, 0.3) is 0 Å². The Morgan fingerprint density at radius 1 is 1.25 bits per heavy atom. The molecule has 2 aromatic rings. The van der Waals surface area contributed by atoms with Gasteiger partial charge < -0.3 is 5.73 Å². The van der Waals surface area contributed by atoms with Gasteiger partial charge in [-0.1, -0.05) is 6.07 Å². The lowest BCUT2D eigenvalue weighted by Gasteiger charge is -2.17. The van der Waals surface area contributed by atoms with E-state index in [0.29, 0.717) is 35.3 Å². The lowest BCUT2D eigenvalue weighted by Crippen LogP contribution is -2.32. The normalized spacial score (nSPS) is 19.9. The second kappa shape index (κ2) is 5.65. The van der Waals surface area contributed by atoms with Crippen molar-refractivity contribution < 1.29 is 8.42 Å². The molecule has 0 unspecified atom stereocenters. The molecule has 7 heteroatoms. The van der Waals surface area contributed by atoms with Crippen molar-refractivity contribution in [3.05, 3.63) is 36.5 Å². The monoisotopic (exact) mass is 313 g/mol. The fraction of sp³-hybridized carbons (Fsp3) is 0.308. The summed E-state index contributed by atoms with van der Waals surface area (Å²) in [6.07, 6.45) is 2.37. The van der Waals surface area contributed by atoms with E-state index in [1.54, 1.807) is 30.5 Å². The highest BCUT2D eigenvalue weighted by molar-refractivity contribution is 7.89. The highest BCUT2D eigenvalue weighted by Gasteiger charge is 2.31. The van der Waals surface area contributed by atoms with Gasteiger partial charge in [0.15, 0.2) is 0 Å². The van der Waals surface area contributed by atoms with Crippen molar-refractivity contribution in [2.45, 2.75) is 17.4 Å². The summed E-state index contributed by atoms with van der Waals surface area (Å²) in [4.78, 5) is 4.50. The van der Waals surface area contributed by atoms with Gasteiger partial charge in [-0.15, -0.1) is 12.4 Å². The number of aromatic nitrogens is 1. The Morgan fingerprint density at radius 2 is 2.05 bits per heavy atom. The summed E-state index contributed by atoms with van der Waals surface area (Å²) < 4.78 is 26.7. The van der Waals surface area contributed by atoms with Gasteiger partial charge in [-0.05, 0) is 30.7 Å². The van der Waals surface area contributed by atoms with Crippen molar-refractivity contribution >= 4 is 33.3 Å². The van der Waals surface area contributed by atoms with Crippen LogP contribution in [0, 0.1) is 0 Å². The molecule has 20 heavy (non-hydrogen) atoms. The van der Waals surface area contributed by atoms with Crippen LogP contribution in [0.15, 0.2) is 41.4 Å². The van der Waals surface area contributed by atoms with Crippen LogP contribution >= 0.6 is 12.4 Å². The number of nitrogens with two attached hydrogens (primary N) is 1. The number of halogens is 1. The van der Waals surface area contributed by atoms with Crippen LogP contribution in [0.25, 0.3) is 10.9 Å². The molecule has 1 aliphatic rings. The maximum Gasteiger partial charge on any atom is 0.243 e. The number of rotatable bonds is 2. The summed E-state index contributed by atoms with van der Waals surface area (Å²) in [5, 5.41) is 0.658. The zero-order valence-electron chi connectivity index (χ0n) is 10.8. The summed E-state index contributed by atoms with van der Waals surface area (Å²) in [5.41, 5.74) is 6.48. The molecule has 0 saturated carbocycles. The third kappa shape index (κ3) is 2.52. The fourth-order valence-corrected chi connectivity index (χ4v) is 4.12. The number of fused-ring (bicyclic) bond motifs is 1. The maximum atomic E-state index is 12.6. The number of hydrogen-bond acceptors (Lipinski definition) is 4. The van der Waals surface area contributed by atoms with Gasteiger partial charge in [0.2, 0.25) is 10.0 Å². The molecule has 0 spiro atoms. The van der Waals surface area contributed by atoms with Gasteiger partial charge in [-0.25, -0.2) is 8.42 Å². The summed E-state index contributed by atoms with van der Waals surface area (Å²) in [5.74, 6) is 0. The first-order valence-corrected chi connectivity index (χ1v) is 7.62. The molecule has 0 bridgehead atoms. The summed E-state index contributed by atoms with van der Waals surface area (Å²) >= 11 is 0. The lowest BCUT2D eigenvalue weighted by molar-refractivity contribution is 0.473. The van der Waals surface area contributed by atoms with Crippen LogP contribution in [0.3, 0.4) is 0 Å². The van der Waals surface area contributed by atoms with E-state index >= 15 is 0 Å². The van der Waals surface area contributed by atoms with E-state index < -0.39 is 10.0 Å². The van der Waals surface area contributed by atoms with Crippen LogP contribution in [0.1, 0.15) is 6.42 Å². The van der Waals surface area contributed by atoms with Crippen LogP contribution < -0.4 is 5.73 Å². The highest BCUT2D eigenvalue weighted by Crippen LogP contribution is 2.26. The van der Waals surface area contributed by atoms with Gasteiger partial charge in [0, 0.05) is 30.7 Å². The predicted molar refractivity (Wildman–Crippen MR) is 80.3 cm³/mol. The van der Waals surface area contributed by atoms with E-state index in [0.717, 1.165) is 0 Å². The van der Waals surface area contributed by atoms with Crippen LogP contribution in [0.2, 0.25) is 0 Å². The molecule has 2 N–H and O–H groups in total. The SMILES string of the molecule is Cl.N[C@H]1CCN(S(=O)(=O)c2cccc3ncccc23)C1. The van der Waals surface area contributed by atoms with E-state index in [9.17, 15) is 8.42 Å². The summed E-state index contributed by atoms with van der Waals surface area (Å²) in [6, 6.07) is 8.62. The molecule has 0 aliphatic carbocycles. The van der Waals surface area contributed by atoms with Crippen molar-refractivity contribution in [1.82, 2.24) is 9.29 Å². The first-order chi connectivity index (χ1) is 9.09. The van der Waals surface area contributed by atoms with Crippen molar-refractivity contribution in [1.29, 1.82) is 0 Å². The Bertz CT molecular complexity index is 715. The lowest BCUT2D eigenvalue weighted by atomic mass is 10.2. The third-order valence-corrected chi connectivity index (χ3v) is 5.33. The van der Waals surface area contributed by atoms with Crippen molar-refractivity contribution in [2.24, 2.45) is 5.73 Å². The number of hydrogen-bond donors (Lipinski definition) is 1. The molecule has 0 radical (unpaired) electrons. The third-order valence-electron chi connectivity index (χ3n) is 3.41. The minimum absolute atomic E-state index is 0. The Hall–Kier alpha value is -1.21. The number of benzene rings is 1. The first kappa shape index (κ1) is 15.2. The zero-order valence-corrected chi connectivity index (χ0v) is 12.4. The summed E-state index contributed by atoms with van der Waals surface area (Å²) in [7, 11) is -3.48. The molecule has 3 rings (SSSR count). The zero-order chi connectivity index (χ0) is 13.5. The minimum Gasteiger partial charge on any atom is -0.326 e. The highest BCUT2D eigenvalue weighted by atomic mass is 35.5. The maximum absolute atomic E-state index is 12.6. The molecular weight excluding hydrogens is 298 g/mol. The standard InChI is InChI=1S/C13H15N3O2S.ClH/c14-10-6-8-16(9-10)19(17,18)13-5-1-4-12-11(13)3-2-7-15-12;/h1-5,7,10H,6,8-9,14H2;1H/t10-;/m0./s1. The number of pyridine rings is 1. The molecule has 1 saturated heterocycles. The van der Waals surface area contributed by atoms with E-state index in [1.807, 2.05) is 6.07 Å². The van der Waals surface area contributed by atoms with Crippen LogP contribution in [-0.2, 0) is 10.0 Å². The van der Waals surface area contributed by atoms with Gasteiger partial charge in [-0.3, -0.25) is 4.98 Å². The molecule has 1 atom stereocenters. The minimum atomic E-state index is -3.48. The van der Waals surface area contributed by atoms with Crippen LogP contribution in [0.5, 0.6) is 0 Å². The van der Waals surface area contributed by atoms with Crippen LogP contribution in [0.4, 0.5) is 0 Å². The smallest absolute Gasteiger partial charge is 0.243 e. The van der Waals surface area contributed by atoms with Crippen LogP contribution in [-0.4, -0.2) is 36.8 Å². The predicted octanol–water partition coefficient (Wildman–Crippen LogP) is 1.38. The van der Waals surface area contributed by atoms with Crippen molar-refractivity contribution in [3.8, 4) is 0 Å². The van der Waals surface area contributed by atoms with Gasteiger partial charge >= 0.3 is 0 Å². The second-order valence-corrected chi connectivity index (χ2v) is 6.64. The topological polar surface area (TPSA) is 76.3 Å². The van der Waals surface area contributed by atoms with Gasteiger partial charge in [-0.2, -0.15) is 4.31 Å². The largest absolute Gasteiger partial charge is 0.326 e. The molecule has 2 heterocycles. The average Bonchev–Trinajstić information content (AvgIpc) is 2.85. The van der Waals surface area contributed by atoms with E-state index in [-0.39, 0.29) is 18.4 Å². The fourth-order valence-electron chi connectivity index (χ4n) is 2.41. The molecule has 108 valence electrons. The quantitative estimate of drug-likeness (QED) is 0.908. The van der Waals surface area contributed by atoms with E-state index in [1.165, 1.54) is 4.31 Å². The Labute approximate surface area is 124 Å². The van der Waals surface area contributed by atoms with Crippen molar-refractivity contribution in [3.63, 3.8) is 0 Å². The summed E-state index contributed by atoms with van der Waals surface area (Å²) in [6.45, 7) is 0.874. The molecule has 0 amide bonds. The van der Waals surface area contributed by atoms with Gasteiger partial charge in [0.05, 0.1) is 10.4 Å². The molecular formula is C13H16ClN3O2S. The Morgan fingerprint density at radius 3 is 2.75 bits per heavy atom. The molecule has 1 fully saturated rings. The molecule has 1 aromatic heterocycles. The number of sulfonamides is 1. The average molecular weight is 314 g/mol. The Balaban J connectivity index is 0.00000147. The van der Waals surface area contributed by atoms with E-state index in [4.69, 9.17) is 5.73 Å². The molecule has 1 aliphatic heterocycles. The molecule has 1 aromatic carbocycles. The Kier molecular flexibility index (Phi) is 4.29. The first-order valence-electron chi connectivity index (χ1n) is 6.18. The van der Waals surface area contributed by atoms with E-state index in [2.05, 4.69) is 4.98 Å². The molecule has 5 nitrogen and oxygen atoms in total.